The van der Waals surface area contributed by atoms with Crippen LogP contribution in [0.3, 0.4) is 0 Å². The number of nitrogens with one attached hydrogen (secondary N) is 1. The van der Waals surface area contributed by atoms with E-state index in [1.54, 1.807) is 6.08 Å². The molecule has 2 heterocycles. The van der Waals surface area contributed by atoms with Crippen molar-refractivity contribution in [2.45, 2.75) is 0 Å². The molecule has 170 valence electrons. The van der Waals surface area contributed by atoms with E-state index in [2.05, 4.69) is 10.2 Å². The molecule has 3 amide bonds. The Morgan fingerprint density at radius 1 is 0.970 bits per heavy atom. The molecule has 2 aromatic rings. The third-order valence-corrected chi connectivity index (χ3v) is 5.65. The van der Waals surface area contributed by atoms with Crippen molar-refractivity contribution in [3.8, 4) is 0 Å². The van der Waals surface area contributed by atoms with Crippen molar-refractivity contribution in [3.05, 3.63) is 78.0 Å². The van der Waals surface area contributed by atoms with Crippen molar-refractivity contribution in [1.82, 2.24) is 9.80 Å². The van der Waals surface area contributed by atoms with Crippen LogP contribution in [0.4, 0.5) is 11.4 Å². The van der Waals surface area contributed by atoms with E-state index in [1.165, 1.54) is 6.08 Å². The van der Waals surface area contributed by atoms with Gasteiger partial charge in [0.05, 0.1) is 13.2 Å². The Hall–Kier alpha value is -3.91. The zero-order valence-electron chi connectivity index (χ0n) is 18.2. The molecule has 0 bridgehead atoms. The van der Waals surface area contributed by atoms with Crippen molar-refractivity contribution >= 4 is 35.2 Å². The zero-order valence-corrected chi connectivity index (χ0v) is 18.2. The summed E-state index contributed by atoms with van der Waals surface area (Å²) in [4.78, 5) is 41.7. The first-order valence-electron chi connectivity index (χ1n) is 10.9. The highest BCUT2D eigenvalue weighted by Gasteiger charge is 2.30. The number of anilines is 2. The topological polar surface area (TPSA) is 93.2 Å². The first kappa shape index (κ1) is 22.3. The van der Waals surface area contributed by atoms with E-state index in [-0.39, 0.29) is 24.8 Å². The number of aliphatic hydroxyl groups excluding tert-OH is 1. The standard InChI is InChI=1S/C25H26N4O4/c30-17-16-29-24(32)18-22(25(29)33)26-20-7-9-21(10-8-20)27-12-14-28(15-13-27)23(31)11-6-19-4-2-1-3-5-19/h1-11,18,26,30H,12-17H2. The van der Waals surface area contributed by atoms with Crippen LogP contribution in [0.2, 0.25) is 0 Å². The van der Waals surface area contributed by atoms with E-state index in [4.69, 9.17) is 5.11 Å². The summed E-state index contributed by atoms with van der Waals surface area (Å²) in [5, 5.41) is 12.0. The highest BCUT2D eigenvalue weighted by atomic mass is 16.3. The van der Waals surface area contributed by atoms with Gasteiger partial charge >= 0.3 is 0 Å². The van der Waals surface area contributed by atoms with Crippen LogP contribution in [0.5, 0.6) is 0 Å². The number of aliphatic hydroxyl groups is 1. The maximum absolute atomic E-state index is 12.5. The molecule has 8 nitrogen and oxygen atoms in total. The van der Waals surface area contributed by atoms with Gasteiger partial charge in [0.1, 0.15) is 5.70 Å². The molecule has 0 aliphatic carbocycles. The van der Waals surface area contributed by atoms with Crippen molar-refractivity contribution in [3.63, 3.8) is 0 Å². The number of hydrogen-bond acceptors (Lipinski definition) is 6. The van der Waals surface area contributed by atoms with Crippen molar-refractivity contribution in [1.29, 1.82) is 0 Å². The first-order valence-corrected chi connectivity index (χ1v) is 10.9. The first-order chi connectivity index (χ1) is 16.0. The monoisotopic (exact) mass is 446 g/mol. The Morgan fingerprint density at radius 2 is 1.67 bits per heavy atom. The van der Waals surface area contributed by atoms with Crippen molar-refractivity contribution in [2.75, 3.05) is 49.5 Å². The number of nitrogens with zero attached hydrogens (tertiary/aromatic N) is 3. The highest BCUT2D eigenvalue weighted by Crippen LogP contribution is 2.22. The maximum Gasteiger partial charge on any atom is 0.277 e. The molecule has 1 saturated heterocycles. The molecule has 0 unspecified atom stereocenters. The lowest BCUT2D eigenvalue weighted by atomic mass is 10.2. The molecule has 2 N–H and O–H groups in total. The molecule has 0 aromatic heterocycles. The lowest BCUT2D eigenvalue weighted by Gasteiger charge is -2.35. The fourth-order valence-corrected chi connectivity index (χ4v) is 3.84. The fourth-order valence-electron chi connectivity index (χ4n) is 3.84. The van der Waals surface area contributed by atoms with Crippen LogP contribution in [-0.2, 0) is 14.4 Å². The summed E-state index contributed by atoms with van der Waals surface area (Å²) in [6.45, 7) is 2.45. The number of rotatable bonds is 7. The summed E-state index contributed by atoms with van der Waals surface area (Å²) in [7, 11) is 0. The maximum atomic E-state index is 12.5. The number of imide groups is 1. The number of amides is 3. The number of β-amino-alcohol motifs (C(OH)–C–C–N with tert-alkyl or cyclic N) is 1. The van der Waals surface area contributed by atoms with Gasteiger partial charge in [-0.25, -0.2) is 0 Å². The summed E-state index contributed by atoms with van der Waals surface area (Å²) in [5.41, 5.74) is 2.91. The Kier molecular flexibility index (Phi) is 6.85. The predicted molar refractivity (Wildman–Crippen MR) is 126 cm³/mol. The molecule has 2 aromatic carbocycles. The van der Waals surface area contributed by atoms with Gasteiger partial charge in [0.15, 0.2) is 0 Å². The van der Waals surface area contributed by atoms with Crippen LogP contribution >= 0.6 is 0 Å². The van der Waals surface area contributed by atoms with Crippen LogP contribution in [-0.4, -0.2) is 72.0 Å². The van der Waals surface area contributed by atoms with E-state index >= 15 is 0 Å². The van der Waals surface area contributed by atoms with Gasteiger partial charge in [-0.15, -0.1) is 0 Å². The second-order valence-corrected chi connectivity index (χ2v) is 7.80. The van der Waals surface area contributed by atoms with Gasteiger partial charge in [-0.1, -0.05) is 30.3 Å². The molecule has 4 rings (SSSR count). The largest absolute Gasteiger partial charge is 0.395 e. The molecule has 2 aliphatic rings. The third kappa shape index (κ3) is 5.30. The Bertz CT molecular complexity index is 1070. The molecular weight excluding hydrogens is 420 g/mol. The predicted octanol–water partition coefficient (Wildman–Crippen LogP) is 1.71. The van der Waals surface area contributed by atoms with E-state index in [0.717, 1.165) is 29.2 Å². The van der Waals surface area contributed by atoms with Crippen LogP contribution in [0.15, 0.2) is 72.4 Å². The van der Waals surface area contributed by atoms with Gasteiger partial charge in [0, 0.05) is 49.7 Å². The second-order valence-electron chi connectivity index (χ2n) is 7.80. The molecule has 0 saturated carbocycles. The van der Waals surface area contributed by atoms with Crippen LogP contribution in [0, 0.1) is 0 Å². The molecule has 0 atom stereocenters. The van der Waals surface area contributed by atoms with E-state index in [9.17, 15) is 14.4 Å². The fraction of sp³-hybridized carbons (Fsp3) is 0.240. The Labute approximate surface area is 192 Å². The molecule has 2 aliphatic heterocycles. The zero-order chi connectivity index (χ0) is 23.2. The molecule has 8 heteroatoms. The minimum absolute atomic E-state index is 0.0114. The van der Waals surface area contributed by atoms with E-state index in [1.807, 2.05) is 65.6 Å². The van der Waals surface area contributed by atoms with Crippen molar-refractivity contribution < 1.29 is 19.5 Å². The average molecular weight is 447 g/mol. The van der Waals surface area contributed by atoms with E-state index < -0.39 is 11.8 Å². The number of hydrogen-bond donors (Lipinski definition) is 2. The third-order valence-electron chi connectivity index (χ3n) is 5.65. The number of benzene rings is 2. The van der Waals surface area contributed by atoms with Gasteiger partial charge in [0.25, 0.3) is 11.8 Å². The number of carbonyl (C=O) groups is 3. The van der Waals surface area contributed by atoms with Gasteiger partial charge in [-0.05, 0) is 35.9 Å². The lowest BCUT2D eigenvalue weighted by Crippen LogP contribution is -2.48. The molecule has 0 radical (unpaired) electrons. The average Bonchev–Trinajstić information content (AvgIpc) is 3.11. The minimum Gasteiger partial charge on any atom is -0.395 e. The van der Waals surface area contributed by atoms with Gasteiger partial charge < -0.3 is 20.2 Å². The Morgan fingerprint density at radius 3 is 2.33 bits per heavy atom. The summed E-state index contributed by atoms with van der Waals surface area (Å²) in [5.74, 6) is -0.864. The molecule has 0 spiro atoms. The molecular formula is C25H26N4O4. The number of carbonyl (C=O) groups excluding carboxylic acids is 3. The minimum atomic E-state index is -0.444. The second kappa shape index (κ2) is 10.1. The van der Waals surface area contributed by atoms with Crippen molar-refractivity contribution in [2.24, 2.45) is 0 Å². The summed E-state index contributed by atoms with van der Waals surface area (Å²) < 4.78 is 0. The van der Waals surface area contributed by atoms with Crippen LogP contribution in [0.1, 0.15) is 5.56 Å². The summed E-state index contributed by atoms with van der Waals surface area (Å²) >= 11 is 0. The van der Waals surface area contributed by atoms with E-state index in [0.29, 0.717) is 18.8 Å². The normalized spacial score (nSPS) is 16.5. The Balaban J connectivity index is 1.29. The van der Waals surface area contributed by atoms with Gasteiger partial charge in [-0.3, -0.25) is 19.3 Å². The lowest BCUT2D eigenvalue weighted by molar-refractivity contribution is -0.137. The van der Waals surface area contributed by atoms with Gasteiger partial charge in [-0.2, -0.15) is 0 Å². The number of piperazine rings is 1. The molecule has 33 heavy (non-hydrogen) atoms. The smallest absolute Gasteiger partial charge is 0.277 e. The summed E-state index contributed by atoms with van der Waals surface area (Å²) in [6, 6.07) is 17.3. The quantitative estimate of drug-likeness (QED) is 0.497. The van der Waals surface area contributed by atoms with Crippen LogP contribution < -0.4 is 10.2 Å². The van der Waals surface area contributed by atoms with Gasteiger partial charge in [0.2, 0.25) is 5.91 Å². The SMILES string of the molecule is O=C(C=Cc1ccccc1)N1CCN(c2ccc(NC3=CC(=O)N(CCO)C3=O)cc2)CC1. The van der Waals surface area contributed by atoms with Crippen LogP contribution in [0.25, 0.3) is 6.08 Å². The molecule has 1 fully saturated rings. The summed E-state index contributed by atoms with van der Waals surface area (Å²) in [6.07, 6.45) is 4.70. The highest BCUT2D eigenvalue weighted by molar-refractivity contribution is 6.17.